The Kier molecular flexibility index (Phi) is 4.85. The SMILES string of the molecule is C[C@H]1CCc2c(sc(NC(=O)c3cc(Cl)ccc3Cl)c2C(N)=O)C1. The van der Waals surface area contributed by atoms with Crippen molar-refractivity contribution in [2.45, 2.75) is 26.2 Å². The summed E-state index contributed by atoms with van der Waals surface area (Å²) in [6.07, 6.45) is 2.71. The maximum absolute atomic E-state index is 12.5. The van der Waals surface area contributed by atoms with E-state index in [2.05, 4.69) is 12.2 Å². The molecule has 126 valence electrons. The van der Waals surface area contributed by atoms with Gasteiger partial charge in [0.05, 0.1) is 16.1 Å². The van der Waals surface area contributed by atoms with Crippen LogP contribution in [0, 0.1) is 5.92 Å². The van der Waals surface area contributed by atoms with Gasteiger partial charge in [-0.2, -0.15) is 0 Å². The minimum Gasteiger partial charge on any atom is -0.365 e. The molecule has 3 N–H and O–H groups in total. The van der Waals surface area contributed by atoms with Gasteiger partial charge in [0.15, 0.2) is 0 Å². The number of hydrogen-bond donors (Lipinski definition) is 2. The van der Waals surface area contributed by atoms with E-state index in [1.807, 2.05) is 0 Å². The lowest BCUT2D eigenvalue weighted by Crippen LogP contribution is -2.19. The van der Waals surface area contributed by atoms with Gasteiger partial charge in [-0.15, -0.1) is 11.3 Å². The zero-order valence-electron chi connectivity index (χ0n) is 13.0. The molecule has 0 saturated heterocycles. The number of nitrogens with one attached hydrogen (secondary N) is 1. The summed E-state index contributed by atoms with van der Waals surface area (Å²) in [5.41, 5.74) is 7.21. The van der Waals surface area contributed by atoms with Gasteiger partial charge < -0.3 is 11.1 Å². The summed E-state index contributed by atoms with van der Waals surface area (Å²) in [7, 11) is 0. The molecular weight excluding hydrogens is 367 g/mol. The van der Waals surface area contributed by atoms with E-state index in [0.717, 1.165) is 29.7 Å². The van der Waals surface area contributed by atoms with Crippen molar-refractivity contribution >= 4 is 51.4 Å². The molecule has 0 radical (unpaired) electrons. The van der Waals surface area contributed by atoms with E-state index >= 15 is 0 Å². The molecular formula is C17H16Cl2N2O2S. The average molecular weight is 383 g/mol. The van der Waals surface area contributed by atoms with Crippen LogP contribution in [0.5, 0.6) is 0 Å². The van der Waals surface area contributed by atoms with Gasteiger partial charge in [-0.25, -0.2) is 0 Å². The predicted molar refractivity (Wildman–Crippen MR) is 98.4 cm³/mol. The molecule has 0 unspecified atom stereocenters. The number of carbonyl (C=O) groups is 2. The highest BCUT2D eigenvalue weighted by atomic mass is 35.5. The van der Waals surface area contributed by atoms with Crippen LogP contribution in [0.1, 0.15) is 44.5 Å². The van der Waals surface area contributed by atoms with Crippen molar-refractivity contribution in [2.75, 3.05) is 5.32 Å². The Morgan fingerprint density at radius 3 is 2.79 bits per heavy atom. The van der Waals surface area contributed by atoms with Crippen molar-refractivity contribution in [3.8, 4) is 0 Å². The molecule has 2 amide bonds. The normalized spacial score (nSPS) is 16.5. The van der Waals surface area contributed by atoms with Gasteiger partial charge in [-0.3, -0.25) is 9.59 Å². The van der Waals surface area contributed by atoms with E-state index in [1.165, 1.54) is 17.4 Å². The van der Waals surface area contributed by atoms with Crippen LogP contribution in [-0.4, -0.2) is 11.8 Å². The van der Waals surface area contributed by atoms with Gasteiger partial charge in [0.1, 0.15) is 5.00 Å². The van der Waals surface area contributed by atoms with Crippen LogP contribution in [-0.2, 0) is 12.8 Å². The summed E-state index contributed by atoms with van der Waals surface area (Å²) < 4.78 is 0. The highest BCUT2D eigenvalue weighted by Crippen LogP contribution is 2.39. The first kappa shape index (κ1) is 17.3. The van der Waals surface area contributed by atoms with Crippen LogP contribution in [0.3, 0.4) is 0 Å². The number of amides is 2. The fourth-order valence-corrected chi connectivity index (χ4v) is 4.73. The Morgan fingerprint density at radius 1 is 1.33 bits per heavy atom. The number of rotatable bonds is 3. The summed E-state index contributed by atoms with van der Waals surface area (Å²) in [5.74, 6) is -0.367. The molecule has 1 aliphatic carbocycles. The van der Waals surface area contributed by atoms with Gasteiger partial charge in [0, 0.05) is 9.90 Å². The van der Waals surface area contributed by atoms with Crippen molar-refractivity contribution in [1.82, 2.24) is 0 Å². The smallest absolute Gasteiger partial charge is 0.257 e. The van der Waals surface area contributed by atoms with Crippen molar-refractivity contribution in [1.29, 1.82) is 0 Å². The number of benzene rings is 1. The monoisotopic (exact) mass is 382 g/mol. The molecule has 0 spiro atoms. The molecule has 1 aliphatic rings. The molecule has 1 atom stereocenters. The molecule has 1 aromatic heterocycles. The van der Waals surface area contributed by atoms with E-state index in [-0.39, 0.29) is 5.56 Å². The molecule has 0 saturated carbocycles. The third-order valence-electron chi connectivity index (χ3n) is 4.16. The van der Waals surface area contributed by atoms with Gasteiger partial charge in [0.25, 0.3) is 11.8 Å². The Hall–Kier alpha value is -1.56. The average Bonchev–Trinajstić information content (AvgIpc) is 2.86. The minimum atomic E-state index is -0.519. The van der Waals surface area contributed by atoms with Crippen molar-refractivity contribution in [3.63, 3.8) is 0 Å². The molecule has 0 aliphatic heterocycles. The second-order valence-corrected chi connectivity index (χ2v) is 7.95. The zero-order chi connectivity index (χ0) is 17.4. The Morgan fingerprint density at radius 2 is 2.08 bits per heavy atom. The summed E-state index contributed by atoms with van der Waals surface area (Å²) in [5, 5.41) is 3.99. The number of nitrogens with two attached hydrogens (primary N) is 1. The van der Waals surface area contributed by atoms with E-state index in [0.29, 0.717) is 26.5 Å². The molecule has 7 heteroatoms. The third kappa shape index (κ3) is 3.29. The molecule has 3 rings (SSSR count). The fraction of sp³-hybridized carbons (Fsp3) is 0.294. The lowest BCUT2D eigenvalue weighted by atomic mass is 9.88. The molecule has 2 aromatic rings. The molecule has 1 heterocycles. The third-order valence-corrected chi connectivity index (χ3v) is 5.89. The molecule has 1 aromatic carbocycles. The zero-order valence-corrected chi connectivity index (χ0v) is 15.3. The first-order valence-electron chi connectivity index (χ1n) is 7.57. The largest absolute Gasteiger partial charge is 0.365 e. The van der Waals surface area contributed by atoms with Crippen LogP contribution in [0.15, 0.2) is 18.2 Å². The van der Waals surface area contributed by atoms with E-state index in [1.54, 1.807) is 12.1 Å². The Balaban J connectivity index is 1.96. The first-order chi connectivity index (χ1) is 11.4. The number of primary amides is 1. The lowest BCUT2D eigenvalue weighted by molar-refractivity contribution is 0.1000. The first-order valence-corrected chi connectivity index (χ1v) is 9.14. The number of halogens is 2. The molecule has 0 fully saturated rings. The highest BCUT2D eigenvalue weighted by molar-refractivity contribution is 7.17. The maximum atomic E-state index is 12.5. The van der Waals surface area contributed by atoms with Crippen LogP contribution in [0.4, 0.5) is 5.00 Å². The molecule has 4 nitrogen and oxygen atoms in total. The standard InChI is InChI=1S/C17H16Cl2N2O2S/c1-8-2-4-10-13(6-8)24-17(14(10)15(20)22)21-16(23)11-7-9(18)3-5-12(11)19/h3,5,7-8H,2,4,6H2,1H3,(H2,20,22)(H,21,23)/t8-/m0/s1. The van der Waals surface area contributed by atoms with E-state index in [9.17, 15) is 9.59 Å². The van der Waals surface area contributed by atoms with Crippen LogP contribution in [0.25, 0.3) is 0 Å². The van der Waals surface area contributed by atoms with Crippen LogP contribution < -0.4 is 11.1 Å². The lowest BCUT2D eigenvalue weighted by Gasteiger charge is -2.18. The highest BCUT2D eigenvalue weighted by Gasteiger charge is 2.27. The summed E-state index contributed by atoms with van der Waals surface area (Å²) in [6.45, 7) is 2.18. The molecule has 0 bridgehead atoms. The Labute approximate surface area is 153 Å². The van der Waals surface area contributed by atoms with Crippen molar-refractivity contribution < 1.29 is 9.59 Å². The van der Waals surface area contributed by atoms with Gasteiger partial charge in [-0.05, 0) is 48.9 Å². The van der Waals surface area contributed by atoms with Crippen LogP contribution >= 0.6 is 34.5 Å². The topological polar surface area (TPSA) is 72.2 Å². The summed E-state index contributed by atoms with van der Waals surface area (Å²) in [6, 6.07) is 4.68. The van der Waals surface area contributed by atoms with Gasteiger partial charge in [-0.1, -0.05) is 30.1 Å². The van der Waals surface area contributed by atoms with Gasteiger partial charge in [0.2, 0.25) is 0 Å². The maximum Gasteiger partial charge on any atom is 0.257 e. The minimum absolute atomic E-state index is 0.263. The summed E-state index contributed by atoms with van der Waals surface area (Å²) >= 11 is 13.4. The number of anilines is 1. The van der Waals surface area contributed by atoms with Crippen molar-refractivity contribution in [3.05, 3.63) is 49.8 Å². The quantitative estimate of drug-likeness (QED) is 0.817. The number of carbonyl (C=O) groups excluding carboxylic acids is 2. The predicted octanol–water partition coefficient (Wildman–Crippen LogP) is 4.53. The van der Waals surface area contributed by atoms with E-state index < -0.39 is 11.8 Å². The van der Waals surface area contributed by atoms with Crippen LogP contribution in [0.2, 0.25) is 10.0 Å². The second-order valence-electron chi connectivity index (χ2n) is 6.00. The summed E-state index contributed by atoms with van der Waals surface area (Å²) in [4.78, 5) is 25.6. The second kappa shape index (κ2) is 6.75. The van der Waals surface area contributed by atoms with Crippen molar-refractivity contribution in [2.24, 2.45) is 11.7 Å². The van der Waals surface area contributed by atoms with Gasteiger partial charge >= 0.3 is 0 Å². The van der Waals surface area contributed by atoms with E-state index in [4.69, 9.17) is 28.9 Å². The number of hydrogen-bond acceptors (Lipinski definition) is 3. The number of fused-ring (bicyclic) bond motifs is 1. The Bertz CT molecular complexity index is 832. The number of thiophene rings is 1. The molecule has 24 heavy (non-hydrogen) atoms. The fourth-order valence-electron chi connectivity index (χ4n) is 2.94.